The lowest BCUT2D eigenvalue weighted by Gasteiger charge is -2.18. The number of nitrogens with zero attached hydrogens (tertiary/aromatic N) is 2. The summed E-state index contributed by atoms with van der Waals surface area (Å²) in [7, 11) is 0. The van der Waals surface area contributed by atoms with Crippen LogP contribution in [0, 0.1) is 6.92 Å². The first-order valence-electron chi connectivity index (χ1n) is 6.72. The van der Waals surface area contributed by atoms with Gasteiger partial charge in [-0.2, -0.15) is 0 Å². The molecule has 0 radical (unpaired) electrons. The number of H-pyrrole nitrogens is 2. The molecule has 20 heavy (non-hydrogen) atoms. The molecule has 3 aromatic rings. The highest BCUT2D eigenvalue weighted by Crippen LogP contribution is 2.25. The quantitative estimate of drug-likeness (QED) is 0.683. The Morgan fingerprint density at radius 1 is 1.25 bits per heavy atom. The van der Waals surface area contributed by atoms with E-state index in [4.69, 9.17) is 5.73 Å². The Labute approximate surface area is 117 Å². The summed E-state index contributed by atoms with van der Waals surface area (Å²) in [6.45, 7) is 6.67. The molecule has 3 rings (SSSR count). The molecule has 0 spiro atoms. The van der Waals surface area contributed by atoms with Crippen LogP contribution in [-0.4, -0.2) is 26.5 Å². The van der Waals surface area contributed by atoms with Crippen molar-refractivity contribution in [2.45, 2.75) is 26.2 Å². The van der Waals surface area contributed by atoms with E-state index in [0.29, 0.717) is 6.54 Å². The predicted molar refractivity (Wildman–Crippen MR) is 80.5 cm³/mol. The smallest absolute Gasteiger partial charge is 0.113 e. The number of fused-ring (bicyclic) bond motifs is 1. The third kappa shape index (κ3) is 2.10. The van der Waals surface area contributed by atoms with Crippen LogP contribution in [0.5, 0.6) is 0 Å². The van der Waals surface area contributed by atoms with Crippen LogP contribution in [0.1, 0.15) is 25.5 Å². The maximum absolute atomic E-state index is 5.79. The number of aryl methyl sites for hydroxylation is 1. The molecule has 2 heterocycles. The third-order valence-electron chi connectivity index (χ3n) is 3.64. The molecule has 0 saturated carbocycles. The Kier molecular flexibility index (Phi) is 2.87. The second-order valence-corrected chi connectivity index (χ2v) is 5.79. The summed E-state index contributed by atoms with van der Waals surface area (Å²) >= 11 is 0. The van der Waals surface area contributed by atoms with Gasteiger partial charge in [0.1, 0.15) is 11.6 Å². The average molecular weight is 269 g/mol. The number of nitrogens with two attached hydrogens (primary N) is 1. The Balaban J connectivity index is 2.02. The van der Waals surface area contributed by atoms with Crippen molar-refractivity contribution in [1.82, 2.24) is 19.9 Å². The zero-order chi connectivity index (χ0) is 14.3. The second kappa shape index (κ2) is 4.45. The van der Waals surface area contributed by atoms with Gasteiger partial charge in [0.25, 0.3) is 0 Å². The standard InChI is InChI=1S/C15H19N5/c1-9-18-11-5-4-10(6-12(11)19-9)13-7-17-14(20-13)15(2,3)8-16/h4-7H,8,16H2,1-3H3,(H,17,20)(H,18,19). The first-order valence-corrected chi connectivity index (χ1v) is 6.72. The van der Waals surface area contributed by atoms with E-state index in [1.165, 1.54) is 0 Å². The number of nitrogens with one attached hydrogen (secondary N) is 2. The summed E-state index contributed by atoms with van der Waals surface area (Å²) in [6.07, 6.45) is 1.86. The van der Waals surface area contributed by atoms with Gasteiger partial charge in [-0.05, 0) is 19.1 Å². The molecule has 5 nitrogen and oxygen atoms in total. The summed E-state index contributed by atoms with van der Waals surface area (Å²) in [5, 5.41) is 0. The van der Waals surface area contributed by atoms with Crippen LogP contribution in [0.4, 0.5) is 0 Å². The first-order chi connectivity index (χ1) is 9.49. The van der Waals surface area contributed by atoms with Crippen LogP contribution >= 0.6 is 0 Å². The van der Waals surface area contributed by atoms with Crippen LogP contribution in [0.15, 0.2) is 24.4 Å². The van der Waals surface area contributed by atoms with E-state index in [-0.39, 0.29) is 5.41 Å². The van der Waals surface area contributed by atoms with Crippen molar-refractivity contribution in [1.29, 1.82) is 0 Å². The number of aromatic nitrogens is 4. The molecule has 4 N–H and O–H groups in total. The van der Waals surface area contributed by atoms with Gasteiger partial charge in [-0.15, -0.1) is 0 Å². The number of aromatic amines is 2. The zero-order valence-electron chi connectivity index (χ0n) is 12.0. The van der Waals surface area contributed by atoms with E-state index < -0.39 is 0 Å². The maximum Gasteiger partial charge on any atom is 0.113 e. The monoisotopic (exact) mass is 269 g/mol. The number of imidazole rings is 2. The Hall–Kier alpha value is -2.14. The predicted octanol–water partition coefficient (Wildman–Crippen LogP) is 2.50. The minimum absolute atomic E-state index is 0.146. The van der Waals surface area contributed by atoms with Crippen LogP contribution in [0.3, 0.4) is 0 Å². The molecular weight excluding hydrogens is 250 g/mol. The molecule has 0 bridgehead atoms. The molecule has 0 fully saturated rings. The number of hydrogen-bond acceptors (Lipinski definition) is 3. The van der Waals surface area contributed by atoms with Crippen molar-refractivity contribution in [2.75, 3.05) is 6.54 Å². The lowest BCUT2D eigenvalue weighted by molar-refractivity contribution is 0.508. The van der Waals surface area contributed by atoms with Gasteiger partial charge in [0, 0.05) is 17.5 Å². The van der Waals surface area contributed by atoms with Gasteiger partial charge in [0.2, 0.25) is 0 Å². The second-order valence-electron chi connectivity index (χ2n) is 5.79. The van der Waals surface area contributed by atoms with Crippen molar-refractivity contribution in [3.63, 3.8) is 0 Å². The maximum atomic E-state index is 5.79. The van der Waals surface area contributed by atoms with Gasteiger partial charge in [0.15, 0.2) is 0 Å². The van der Waals surface area contributed by atoms with Gasteiger partial charge in [-0.3, -0.25) is 0 Å². The Morgan fingerprint density at radius 3 is 2.80 bits per heavy atom. The minimum Gasteiger partial charge on any atom is -0.342 e. The topological polar surface area (TPSA) is 83.4 Å². The first kappa shape index (κ1) is 12.9. The summed E-state index contributed by atoms with van der Waals surface area (Å²) in [5.74, 6) is 1.84. The highest BCUT2D eigenvalue weighted by atomic mass is 14.9. The zero-order valence-corrected chi connectivity index (χ0v) is 12.0. The summed E-state index contributed by atoms with van der Waals surface area (Å²) in [4.78, 5) is 15.5. The molecule has 0 aliphatic rings. The van der Waals surface area contributed by atoms with Gasteiger partial charge < -0.3 is 15.7 Å². The molecule has 0 saturated heterocycles. The largest absolute Gasteiger partial charge is 0.342 e. The highest BCUT2D eigenvalue weighted by Gasteiger charge is 2.22. The summed E-state index contributed by atoms with van der Waals surface area (Å²) in [5.41, 5.74) is 9.75. The third-order valence-corrected chi connectivity index (χ3v) is 3.64. The van der Waals surface area contributed by atoms with E-state index in [1.807, 2.05) is 19.2 Å². The lowest BCUT2D eigenvalue weighted by Crippen LogP contribution is -2.29. The number of benzene rings is 1. The molecular formula is C15H19N5. The van der Waals surface area contributed by atoms with E-state index in [0.717, 1.165) is 33.9 Å². The van der Waals surface area contributed by atoms with Crippen molar-refractivity contribution >= 4 is 11.0 Å². The van der Waals surface area contributed by atoms with E-state index in [9.17, 15) is 0 Å². The van der Waals surface area contributed by atoms with Crippen molar-refractivity contribution in [2.24, 2.45) is 5.73 Å². The Bertz CT molecular complexity index is 751. The van der Waals surface area contributed by atoms with Crippen LogP contribution in [0.25, 0.3) is 22.3 Å². The summed E-state index contributed by atoms with van der Waals surface area (Å²) < 4.78 is 0. The lowest BCUT2D eigenvalue weighted by atomic mass is 9.93. The minimum atomic E-state index is -0.146. The van der Waals surface area contributed by atoms with Crippen molar-refractivity contribution < 1.29 is 0 Å². The number of rotatable bonds is 3. The molecule has 0 unspecified atom stereocenters. The molecule has 0 aliphatic carbocycles. The van der Waals surface area contributed by atoms with Gasteiger partial charge >= 0.3 is 0 Å². The fourth-order valence-corrected chi connectivity index (χ4v) is 2.21. The van der Waals surface area contributed by atoms with Gasteiger partial charge in [-0.25, -0.2) is 9.97 Å². The number of hydrogen-bond donors (Lipinski definition) is 3. The van der Waals surface area contributed by atoms with Crippen LogP contribution < -0.4 is 5.73 Å². The molecule has 1 aromatic carbocycles. The van der Waals surface area contributed by atoms with E-state index >= 15 is 0 Å². The Morgan fingerprint density at radius 2 is 2.05 bits per heavy atom. The molecule has 0 amide bonds. The van der Waals surface area contributed by atoms with Crippen LogP contribution in [0.2, 0.25) is 0 Å². The fourth-order valence-electron chi connectivity index (χ4n) is 2.21. The fraction of sp³-hybridized carbons (Fsp3) is 0.333. The molecule has 0 atom stereocenters. The van der Waals surface area contributed by atoms with Crippen molar-refractivity contribution in [3.05, 3.63) is 36.0 Å². The molecule has 5 heteroatoms. The SMILES string of the molecule is Cc1nc2ccc(-c3cnc(C(C)(C)CN)[nH]3)cc2[nH]1. The van der Waals surface area contributed by atoms with E-state index in [2.05, 4.69) is 45.9 Å². The molecule has 0 aliphatic heterocycles. The van der Waals surface area contributed by atoms with Gasteiger partial charge in [0.05, 0.1) is 22.9 Å². The summed E-state index contributed by atoms with van der Waals surface area (Å²) in [6, 6.07) is 6.15. The average Bonchev–Trinajstić information content (AvgIpc) is 3.02. The van der Waals surface area contributed by atoms with Crippen LogP contribution in [-0.2, 0) is 5.41 Å². The highest BCUT2D eigenvalue weighted by molar-refractivity contribution is 5.81. The van der Waals surface area contributed by atoms with E-state index in [1.54, 1.807) is 0 Å². The van der Waals surface area contributed by atoms with Gasteiger partial charge in [-0.1, -0.05) is 19.9 Å². The molecule has 2 aromatic heterocycles. The molecule has 104 valence electrons. The van der Waals surface area contributed by atoms with Crippen molar-refractivity contribution in [3.8, 4) is 11.3 Å². The normalized spacial score (nSPS) is 12.2.